The fourth-order valence-corrected chi connectivity index (χ4v) is 14.4. The molecule has 55 heavy (non-hydrogen) atoms. The first-order valence-electron chi connectivity index (χ1n) is 21.8. The molecular formula is C49H68S5Si. The summed E-state index contributed by atoms with van der Waals surface area (Å²) in [5.74, 6) is 3.76. The van der Waals surface area contributed by atoms with E-state index in [-0.39, 0.29) is 0 Å². The molecule has 0 saturated heterocycles. The normalized spacial score (nSPS) is 11.8. The zero-order valence-electron chi connectivity index (χ0n) is 35.7. The molecule has 6 heteroatoms. The molecule has 5 rings (SSSR count). The van der Waals surface area contributed by atoms with Gasteiger partial charge in [0.25, 0.3) is 0 Å². The van der Waals surface area contributed by atoms with Crippen LogP contribution in [0, 0.1) is 11.5 Å². The largest absolute Gasteiger partial charge is 0.142 e. The fraction of sp³-hybridized carbons (Fsp3) is 0.551. The number of hydrogen-bond acceptors (Lipinski definition) is 5. The summed E-state index contributed by atoms with van der Waals surface area (Å²) in [5.41, 5.74) is 13.4. The first-order chi connectivity index (χ1) is 26.7. The van der Waals surface area contributed by atoms with Crippen LogP contribution in [-0.2, 0) is 38.5 Å². The summed E-state index contributed by atoms with van der Waals surface area (Å²) in [6.07, 6.45) is 22.1. The van der Waals surface area contributed by atoms with Gasteiger partial charge in [0.2, 0.25) is 0 Å². The van der Waals surface area contributed by atoms with Crippen molar-refractivity contribution in [2.75, 3.05) is 0 Å². The highest BCUT2D eigenvalue weighted by atomic mass is 32.1. The molecule has 298 valence electrons. The van der Waals surface area contributed by atoms with E-state index in [1.54, 1.807) is 48.0 Å². The number of rotatable bonds is 22. The summed E-state index contributed by atoms with van der Waals surface area (Å²) in [4.78, 5) is 13.3. The Morgan fingerprint density at radius 1 is 0.436 bits per heavy atom. The van der Waals surface area contributed by atoms with Crippen molar-refractivity contribution in [3.05, 3.63) is 67.9 Å². The highest BCUT2D eigenvalue weighted by molar-refractivity contribution is 7.30. The van der Waals surface area contributed by atoms with Crippen LogP contribution < -0.4 is 0 Å². The first kappa shape index (κ1) is 44.4. The Balaban J connectivity index is 1.61. The smallest absolute Gasteiger partial charge is 0.129 e. The second kappa shape index (κ2) is 21.9. The van der Waals surface area contributed by atoms with Gasteiger partial charge < -0.3 is 0 Å². The average Bonchev–Trinajstić information content (AvgIpc) is 4.01. The Morgan fingerprint density at radius 3 is 1.27 bits per heavy atom. The van der Waals surface area contributed by atoms with Gasteiger partial charge in [0.05, 0.1) is 4.88 Å². The lowest BCUT2D eigenvalue weighted by Gasteiger charge is -2.08. The minimum Gasteiger partial charge on any atom is -0.142 e. The third-order valence-electron chi connectivity index (χ3n) is 10.6. The predicted molar refractivity (Wildman–Crippen MR) is 259 cm³/mol. The standard InChI is InChI=1S/C49H68S5Si/c1-10-16-22-35-34-50-46(36(35)23-17-11-2)42-28-29-44(51-42)48-39(26-20-14-5)40(27-21-15-6)49(54-48)45-31-30-43(52-45)47-38(25-19-13-4)37(24-18-12-3)41(53-47)32-33-55(7,8)9/h28-31,34H,10-27H2,1-9H3. The summed E-state index contributed by atoms with van der Waals surface area (Å²) in [6, 6.07) is 9.86. The second-order valence-corrected chi connectivity index (χ2v) is 26.3. The van der Waals surface area contributed by atoms with E-state index < -0.39 is 8.07 Å². The second-order valence-electron chi connectivity index (χ2n) is 16.5. The molecule has 0 saturated carbocycles. The van der Waals surface area contributed by atoms with Crippen LogP contribution in [0.3, 0.4) is 0 Å². The van der Waals surface area contributed by atoms with Gasteiger partial charge in [0.15, 0.2) is 0 Å². The molecule has 0 aliphatic carbocycles. The van der Waals surface area contributed by atoms with Crippen molar-refractivity contribution in [2.45, 2.75) is 177 Å². The summed E-state index contributed by atoms with van der Waals surface area (Å²) < 4.78 is 0. The number of unbranched alkanes of at least 4 members (excludes halogenated alkanes) is 6. The van der Waals surface area contributed by atoms with Crippen molar-refractivity contribution < 1.29 is 0 Å². The molecule has 0 fully saturated rings. The molecule has 5 aromatic rings. The minimum absolute atomic E-state index is 1.16. The van der Waals surface area contributed by atoms with Crippen molar-refractivity contribution in [1.82, 2.24) is 0 Å². The molecule has 0 nitrogen and oxygen atoms in total. The molecule has 0 unspecified atom stereocenters. The topological polar surface area (TPSA) is 0 Å². The third-order valence-corrected chi connectivity index (χ3v) is 17.9. The monoisotopic (exact) mass is 844 g/mol. The van der Waals surface area contributed by atoms with Crippen molar-refractivity contribution in [2.24, 2.45) is 0 Å². The lowest BCUT2D eigenvalue weighted by molar-refractivity contribution is 0.762. The van der Waals surface area contributed by atoms with E-state index in [1.807, 2.05) is 22.7 Å². The van der Waals surface area contributed by atoms with Crippen LogP contribution in [0.15, 0.2) is 29.6 Å². The van der Waals surface area contributed by atoms with Gasteiger partial charge in [0, 0.05) is 39.0 Å². The Labute approximate surface area is 357 Å². The first-order valence-corrected chi connectivity index (χ1v) is 29.4. The summed E-state index contributed by atoms with van der Waals surface area (Å²) in [6.45, 7) is 21.1. The minimum atomic E-state index is -1.49. The van der Waals surface area contributed by atoms with Crippen LogP contribution in [0.1, 0.15) is 157 Å². The number of aryl methyl sites for hydroxylation is 1. The highest BCUT2D eigenvalue weighted by Gasteiger charge is 2.25. The van der Waals surface area contributed by atoms with Gasteiger partial charge in [-0.05, 0) is 140 Å². The SMILES string of the molecule is CCCCc1csc(-c2ccc(-c3sc(-c4ccc(-c5sc(C#C[Si](C)(C)C)c(CCCC)c5CCCC)s4)c(CCCC)c3CCCC)s2)c1CCCC. The quantitative estimate of drug-likeness (QED) is 0.0481. The van der Waals surface area contributed by atoms with Crippen molar-refractivity contribution in [1.29, 1.82) is 0 Å². The summed E-state index contributed by atoms with van der Waals surface area (Å²) in [5, 5.41) is 2.48. The van der Waals surface area contributed by atoms with Crippen LogP contribution in [-0.4, -0.2) is 8.07 Å². The molecule has 0 radical (unpaired) electrons. The van der Waals surface area contributed by atoms with Crippen molar-refractivity contribution in [3.63, 3.8) is 0 Å². The van der Waals surface area contributed by atoms with Crippen molar-refractivity contribution in [3.8, 4) is 50.5 Å². The zero-order chi connectivity index (χ0) is 39.4. The van der Waals surface area contributed by atoms with E-state index in [1.165, 1.54) is 138 Å². The third kappa shape index (κ3) is 11.5. The maximum Gasteiger partial charge on any atom is 0.129 e. The Bertz CT molecular complexity index is 1990. The predicted octanol–water partition coefficient (Wildman–Crippen LogP) is 17.9. The van der Waals surface area contributed by atoms with Crippen LogP contribution in [0.2, 0.25) is 19.6 Å². The molecule has 0 bridgehead atoms. The van der Waals surface area contributed by atoms with Gasteiger partial charge in [-0.3, -0.25) is 0 Å². The molecule has 0 aliphatic heterocycles. The van der Waals surface area contributed by atoms with E-state index >= 15 is 0 Å². The molecule has 5 aromatic heterocycles. The van der Waals surface area contributed by atoms with E-state index in [4.69, 9.17) is 0 Å². The lowest BCUT2D eigenvalue weighted by atomic mass is 9.97. The molecule has 0 spiro atoms. The van der Waals surface area contributed by atoms with E-state index in [0.29, 0.717) is 0 Å². The van der Waals surface area contributed by atoms with Crippen LogP contribution in [0.25, 0.3) is 39.0 Å². The molecule has 0 aromatic carbocycles. The van der Waals surface area contributed by atoms with Crippen LogP contribution >= 0.6 is 56.7 Å². The van der Waals surface area contributed by atoms with Crippen LogP contribution in [0.5, 0.6) is 0 Å². The van der Waals surface area contributed by atoms with Gasteiger partial charge in [-0.1, -0.05) is 106 Å². The van der Waals surface area contributed by atoms with Gasteiger partial charge in [-0.25, -0.2) is 0 Å². The molecule has 0 atom stereocenters. The maximum atomic E-state index is 3.76. The number of thiophene rings is 5. The number of hydrogen-bond donors (Lipinski definition) is 0. The highest BCUT2D eigenvalue weighted by Crippen LogP contribution is 2.51. The Morgan fingerprint density at radius 2 is 0.818 bits per heavy atom. The average molecular weight is 846 g/mol. The molecular weight excluding hydrogens is 777 g/mol. The Kier molecular flexibility index (Phi) is 17.6. The van der Waals surface area contributed by atoms with Crippen molar-refractivity contribution >= 4 is 64.8 Å². The Hall–Kier alpha value is -1.72. The molecule has 0 amide bonds. The lowest BCUT2D eigenvalue weighted by Crippen LogP contribution is -2.16. The van der Waals surface area contributed by atoms with Crippen LogP contribution in [0.4, 0.5) is 0 Å². The van der Waals surface area contributed by atoms with E-state index in [2.05, 4.69) is 136 Å². The zero-order valence-corrected chi connectivity index (χ0v) is 40.7. The molecule has 5 heterocycles. The summed E-state index contributed by atoms with van der Waals surface area (Å²) in [7, 11) is -1.49. The van der Waals surface area contributed by atoms with E-state index in [0.717, 1.165) is 6.42 Å². The summed E-state index contributed by atoms with van der Waals surface area (Å²) >= 11 is 10.2. The molecule has 0 N–H and O–H groups in total. The van der Waals surface area contributed by atoms with Gasteiger partial charge in [-0.15, -0.1) is 62.2 Å². The fourth-order valence-electron chi connectivity index (χ4n) is 7.41. The van der Waals surface area contributed by atoms with Gasteiger partial charge >= 0.3 is 0 Å². The molecule has 0 aliphatic rings. The maximum absolute atomic E-state index is 3.76. The van der Waals surface area contributed by atoms with Gasteiger partial charge in [-0.2, -0.15) is 0 Å². The van der Waals surface area contributed by atoms with E-state index in [9.17, 15) is 0 Å². The van der Waals surface area contributed by atoms with Gasteiger partial charge in [0.1, 0.15) is 8.07 Å².